The number of nitrogens with two attached hydrogens (primary N) is 1. The minimum atomic E-state index is -0.450. The van der Waals surface area contributed by atoms with Crippen LogP contribution < -0.4 is 5.73 Å². The lowest BCUT2D eigenvalue weighted by atomic mass is 9.72. The Bertz CT molecular complexity index is 601. The van der Waals surface area contributed by atoms with Crippen molar-refractivity contribution in [3.63, 3.8) is 0 Å². The van der Waals surface area contributed by atoms with Crippen LogP contribution in [-0.2, 0) is 17.6 Å². The molecule has 2 amide bonds. The number of thiophene rings is 1. The Morgan fingerprint density at radius 3 is 2.67 bits per heavy atom. The van der Waals surface area contributed by atoms with Gasteiger partial charge in [0.05, 0.1) is 11.4 Å². The van der Waals surface area contributed by atoms with Crippen molar-refractivity contribution < 1.29 is 9.59 Å². The van der Waals surface area contributed by atoms with Gasteiger partial charge in [0.25, 0.3) is 5.91 Å². The molecule has 0 aromatic carbocycles. The van der Waals surface area contributed by atoms with Crippen molar-refractivity contribution in [2.24, 2.45) is 17.1 Å². The highest BCUT2D eigenvalue weighted by Crippen LogP contribution is 2.40. The zero-order chi connectivity index (χ0) is 17.9. The molecule has 1 unspecified atom stereocenters. The van der Waals surface area contributed by atoms with E-state index in [1.807, 2.05) is 0 Å². The molecule has 0 saturated heterocycles. The minimum Gasteiger partial charge on any atom is -0.368 e. The van der Waals surface area contributed by atoms with Crippen LogP contribution in [0.4, 0.5) is 0 Å². The van der Waals surface area contributed by atoms with Crippen LogP contribution in [0.1, 0.15) is 67.1 Å². The van der Waals surface area contributed by atoms with Gasteiger partial charge in [-0.15, -0.1) is 11.3 Å². The summed E-state index contributed by atoms with van der Waals surface area (Å²) in [5.74, 6) is 0.159. The van der Waals surface area contributed by atoms with Gasteiger partial charge in [0.2, 0.25) is 5.91 Å². The summed E-state index contributed by atoms with van der Waals surface area (Å²) >= 11 is 1.60. The predicted molar refractivity (Wildman–Crippen MR) is 99.3 cm³/mol. The maximum atomic E-state index is 12.8. The van der Waals surface area contributed by atoms with Crippen LogP contribution >= 0.6 is 11.3 Å². The third kappa shape index (κ3) is 4.59. The molecule has 1 aromatic heterocycles. The summed E-state index contributed by atoms with van der Waals surface area (Å²) in [6.45, 7) is 9.54. The molecule has 2 N–H and O–H groups in total. The zero-order valence-corrected chi connectivity index (χ0v) is 16.2. The Balaban J connectivity index is 2.16. The van der Waals surface area contributed by atoms with Crippen molar-refractivity contribution in [3.8, 4) is 0 Å². The highest BCUT2D eigenvalue weighted by Gasteiger charge is 2.31. The van der Waals surface area contributed by atoms with Gasteiger partial charge in [0.1, 0.15) is 0 Å². The SMILES string of the molecule is CCCCN(CC(N)=O)C(=O)c1cc2c(s1)CCC(C(C)(C)C)C2. The van der Waals surface area contributed by atoms with Crippen LogP contribution in [0.15, 0.2) is 6.07 Å². The lowest BCUT2D eigenvalue weighted by molar-refractivity contribution is -0.118. The smallest absolute Gasteiger partial charge is 0.264 e. The topological polar surface area (TPSA) is 63.4 Å². The highest BCUT2D eigenvalue weighted by molar-refractivity contribution is 7.14. The number of primary amides is 1. The van der Waals surface area contributed by atoms with Crippen LogP contribution in [-0.4, -0.2) is 29.8 Å². The van der Waals surface area contributed by atoms with E-state index in [9.17, 15) is 9.59 Å². The van der Waals surface area contributed by atoms with Crippen LogP contribution in [0, 0.1) is 11.3 Å². The lowest BCUT2D eigenvalue weighted by Crippen LogP contribution is -2.38. The lowest BCUT2D eigenvalue weighted by Gasteiger charge is -2.33. The molecule has 1 heterocycles. The van der Waals surface area contributed by atoms with Crippen LogP contribution in [0.2, 0.25) is 0 Å². The van der Waals surface area contributed by atoms with E-state index in [-0.39, 0.29) is 12.5 Å². The van der Waals surface area contributed by atoms with E-state index in [1.165, 1.54) is 16.9 Å². The first kappa shape index (κ1) is 19.0. The van der Waals surface area contributed by atoms with Gasteiger partial charge in [-0.3, -0.25) is 9.59 Å². The van der Waals surface area contributed by atoms with E-state index in [0.29, 0.717) is 17.9 Å². The van der Waals surface area contributed by atoms with Gasteiger partial charge >= 0.3 is 0 Å². The third-order valence-corrected chi connectivity index (χ3v) is 6.16. The van der Waals surface area contributed by atoms with E-state index in [1.54, 1.807) is 16.2 Å². The third-order valence-electron chi connectivity index (χ3n) is 4.93. The second kappa shape index (κ2) is 7.68. The number of fused-ring (bicyclic) bond motifs is 1. The largest absolute Gasteiger partial charge is 0.368 e. The molecule has 0 saturated carbocycles. The van der Waals surface area contributed by atoms with E-state index in [0.717, 1.165) is 30.6 Å². The summed E-state index contributed by atoms with van der Waals surface area (Å²) < 4.78 is 0. The fourth-order valence-corrected chi connectivity index (χ4v) is 4.49. The number of amides is 2. The minimum absolute atomic E-state index is 0.00597. The first-order valence-electron chi connectivity index (χ1n) is 8.91. The van der Waals surface area contributed by atoms with Crippen molar-refractivity contribution in [1.82, 2.24) is 4.90 Å². The van der Waals surface area contributed by atoms with Crippen LogP contribution in [0.25, 0.3) is 0 Å². The maximum absolute atomic E-state index is 12.8. The van der Waals surface area contributed by atoms with Crippen molar-refractivity contribution in [2.75, 3.05) is 13.1 Å². The number of carbonyl (C=O) groups is 2. The van der Waals surface area contributed by atoms with E-state index in [4.69, 9.17) is 5.73 Å². The number of rotatable bonds is 6. The summed E-state index contributed by atoms with van der Waals surface area (Å²) in [6.07, 6.45) is 5.16. The zero-order valence-electron chi connectivity index (χ0n) is 15.4. The summed E-state index contributed by atoms with van der Waals surface area (Å²) in [5.41, 5.74) is 6.93. The molecule has 0 radical (unpaired) electrons. The summed E-state index contributed by atoms with van der Waals surface area (Å²) in [7, 11) is 0. The molecule has 0 spiro atoms. The van der Waals surface area contributed by atoms with E-state index < -0.39 is 5.91 Å². The van der Waals surface area contributed by atoms with Crippen LogP contribution in [0.5, 0.6) is 0 Å². The Labute approximate surface area is 149 Å². The molecular weight excluding hydrogens is 320 g/mol. The molecule has 1 aliphatic rings. The maximum Gasteiger partial charge on any atom is 0.264 e. The number of nitrogens with zero attached hydrogens (tertiary/aromatic N) is 1. The number of hydrogen-bond acceptors (Lipinski definition) is 3. The van der Waals surface area contributed by atoms with Gasteiger partial charge in [-0.2, -0.15) is 0 Å². The second-order valence-electron chi connectivity index (χ2n) is 7.91. The Morgan fingerprint density at radius 1 is 1.38 bits per heavy atom. The monoisotopic (exact) mass is 350 g/mol. The molecule has 24 heavy (non-hydrogen) atoms. The second-order valence-corrected chi connectivity index (χ2v) is 9.05. The molecule has 2 rings (SSSR count). The standard InChI is InChI=1S/C19H30N2O2S/c1-5-6-9-21(12-17(20)22)18(23)16-11-13-10-14(19(2,3)4)7-8-15(13)24-16/h11,14H,5-10,12H2,1-4H3,(H2,20,22). The fraction of sp³-hybridized carbons (Fsp3) is 0.684. The number of hydrogen-bond donors (Lipinski definition) is 1. The molecule has 1 aliphatic carbocycles. The Morgan fingerprint density at radius 2 is 2.08 bits per heavy atom. The molecule has 134 valence electrons. The van der Waals surface area contributed by atoms with Gasteiger partial charge in [-0.1, -0.05) is 34.1 Å². The van der Waals surface area contributed by atoms with E-state index in [2.05, 4.69) is 33.8 Å². The molecule has 5 heteroatoms. The first-order chi connectivity index (χ1) is 11.2. The van der Waals surface area contributed by atoms with Crippen LogP contribution in [0.3, 0.4) is 0 Å². The average Bonchev–Trinajstić information content (AvgIpc) is 2.92. The van der Waals surface area contributed by atoms with Gasteiger partial charge in [0.15, 0.2) is 0 Å². The molecule has 0 bridgehead atoms. The van der Waals surface area contributed by atoms with Crippen molar-refractivity contribution >= 4 is 23.2 Å². The van der Waals surface area contributed by atoms with Gasteiger partial charge < -0.3 is 10.6 Å². The number of aryl methyl sites for hydroxylation is 1. The molecular formula is C19H30N2O2S. The molecule has 1 atom stereocenters. The summed E-state index contributed by atoms with van der Waals surface area (Å²) in [5, 5.41) is 0. The van der Waals surface area contributed by atoms with Gasteiger partial charge in [-0.25, -0.2) is 0 Å². The predicted octanol–water partition coefficient (Wildman–Crippen LogP) is 3.63. The van der Waals surface area contributed by atoms with Gasteiger partial charge in [0, 0.05) is 11.4 Å². The van der Waals surface area contributed by atoms with E-state index >= 15 is 0 Å². The highest BCUT2D eigenvalue weighted by atomic mass is 32.1. The van der Waals surface area contributed by atoms with Crippen molar-refractivity contribution in [2.45, 2.75) is 59.8 Å². The first-order valence-corrected chi connectivity index (χ1v) is 9.73. The normalized spacial score (nSPS) is 17.4. The molecule has 1 aromatic rings. The van der Waals surface area contributed by atoms with Crippen molar-refractivity contribution in [1.29, 1.82) is 0 Å². The molecule has 4 nitrogen and oxygen atoms in total. The number of carbonyl (C=O) groups excluding carboxylic acids is 2. The summed E-state index contributed by atoms with van der Waals surface area (Å²) in [4.78, 5) is 27.8. The van der Waals surface area contributed by atoms with Crippen molar-refractivity contribution in [3.05, 3.63) is 21.4 Å². The average molecular weight is 351 g/mol. The summed E-state index contributed by atoms with van der Waals surface area (Å²) in [6, 6.07) is 2.06. The number of unbranched alkanes of at least 4 members (excludes halogenated alkanes) is 1. The Hall–Kier alpha value is -1.36. The Kier molecular flexibility index (Phi) is 6.07. The quantitative estimate of drug-likeness (QED) is 0.851. The molecule has 0 fully saturated rings. The molecule has 0 aliphatic heterocycles. The van der Waals surface area contributed by atoms with Gasteiger partial charge in [-0.05, 0) is 48.6 Å². The fourth-order valence-electron chi connectivity index (χ4n) is 3.31.